The summed E-state index contributed by atoms with van der Waals surface area (Å²) in [6.45, 7) is 1.49. The van der Waals surface area contributed by atoms with Gasteiger partial charge in [-0.1, -0.05) is 19.3 Å². The third-order valence-electron chi connectivity index (χ3n) is 3.78. The lowest BCUT2D eigenvalue weighted by atomic mass is 9.96. The summed E-state index contributed by atoms with van der Waals surface area (Å²) in [5.74, 6) is 0. The minimum atomic E-state index is 0.146. The number of hydrogen-bond acceptors (Lipinski definition) is 2. The third-order valence-corrected chi connectivity index (χ3v) is 3.78. The summed E-state index contributed by atoms with van der Waals surface area (Å²) in [5.41, 5.74) is 5.52. The van der Waals surface area contributed by atoms with Crippen molar-refractivity contribution < 1.29 is 4.79 Å². The van der Waals surface area contributed by atoms with E-state index in [4.69, 9.17) is 5.73 Å². The molecule has 0 aromatic heterocycles. The number of carbonyl (C=O) groups is 1. The number of nitrogens with zero attached hydrogens (tertiary/aromatic N) is 1. The molecule has 0 bridgehead atoms. The largest absolute Gasteiger partial charge is 0.335 e. The first kappa shape index (κ1) is 12.7. The van der Waals surface area contributed by atoms with Crippen LogP contribution in [0.5, 0.6) is 0 Å². The molecule has 0 aromatic rings. The minimum Gasteiger partial charge on any atom is -0.335 e. The molecule has 0 heterocycles. The van der Waals surface area contributed by atoms with Gasteiger partial charge in [-0.05, 0) is 38.6 Å². The average Bonchev–Trinajstić information content (AvgIpc) is 3.15. The van der Waals surface area contributed by atoms with Crippen LogP contribution in [0.4, 0.5) is 4.79 Å². The average molecular weight is 239 g/mol. The highest BCUT2D eigenvalue weighted by Gasteiger charge is 2.32. The molecule has 0 aromatic carbocycles. The predicted molar refractivity (Wildman–Crippen MR) is 68.8 cm³/mol. The fourth-order valence-corrected chi connectivity index (χ4v) is 2.60. The van der Waals surface area contributed by atoms with E-state index in [1.807, 2.05) is 4.90 Å². The summed E-state index contributed by atoms with van der Waals surface area (Å²) in [5, 5.41) is 3.20. The number of urea groups is 1. The summed E-state index contributed by atoms with van der Waals surface area (Å²) in [7, 11) is 0. The number of nitrogens with one attached hydrogen (secondary N) is 1. The van der Waals surface area contributed by atoms with E-state index in [1.165, 1.54) is 32.1 Å². The zero-order valence-corrected chi connectivity index (χ0v) is 10.7. The fourth-order valence-electron chi connectivity index (χ4n) is 2.60. The summed E-state index contributed by atoms with van der Waals surface area (Å²) in [6, 6.07) is 1.05. The van der Waals surface area contributed by atoms with Crippen LogP contribution in [-0.2, 0) is 0 Å². The Morgan fingerprint density at radius 1 is 1.18 bits per heavy atom. The van der Waals surface area contributed by atoms with E-state index in [1.54, 1.807) is 0 Å². The Bertz CT molecular complexity index is 247. The molecule has 17 heavy (non-hydrogen) atoms. The highest BCUT2D eigenvalue weighted by atomic mass is 16.2. The van der Waals surface area contributed by atoms with Crippen LogP contribution in [0.15, 0.2) is 0 Å². The van der Waals surface area contributed by atoms with Crippen LogP contribution in [0, 0.1) is 0 Å². The Balaban J connectivity index is 1.78. The van der Waals surface area contributed by atoms with Gasteiger partial charge in [0.1, 0.15) is 0 Å². The molecule has 0 unspecified atom stereocenters. The van der Waals surface area contributed by atoms with E-state index in [0.29, 0.717) is 18.6 Å². The van der Waals surface area contributed by atoms with Crippen molar-refractivity contribution in [3.05, 3.63) is 0 Å². The number of carbonyl (C=O) groups excluding carboxylic acids is 1. The summed E-state index contributed by atoms with van der Waals surface area (Å²) >= 11 is 0. The van der Waals surface area contributed by atoms with Gasteiger partial charge >= 0.3 is 6.03 Å². The molecule has 2 rings (SSSR count). The van der Waals surface area contributed by atoms with Gasteiger partial charge < -0.3 is 16.0 Å². The molecule has 0 saturated heterocycles. The van der Waals surface area contributed by atoms with Gasteiger partial charge in [-0.3, -0.25) is 0 Å². The van der Waals surface area contributed by atoms with E-state index in [9.17, 15) is 4.79 Å². The van der Waals surface area contributed by atoms with Crippen molar-refractivity contribution in [1.82, 2.24) is 10.2 Å². The van der Waals surface area contributed by atoms with Gasteiger partial charge in [-0.15, -0.1) is 0 Å². The van der Waals surface area contributed by atoms with Crippen LogP contribution in [0.2, 0.25) is 0 Å². The standard InChI is InChI=1S/C13H25N3O/c14-9-4-10-16(12-7-8-12)13(17)15-11-5-2-1-3-6-11/h11-12H,1-10,14H2,(H,15,17). The Labute approximate surface area is 104 Å². The van der Waals surface area contributed by atoms with Gasteiger partial charge in [0.15, 0.2) is 0 Å². The summed E-state index contributed by atoms with van der Waals surface area (Å²) in [6.07, 6.45) is 9.41. The molecule has 0 spiro atoms. The highest BCUT2D eigenvalue weighted by Crippen LogP contribution is 2.27. The second-order valence-corrected chi connectivity index (χ2v) is 5.35. The molecular weight excluding hydrogens is 214 g/mol. The Hall–Kier alpha value is -0.770. The Kier molecular flexibility index (Phi) is 4.66. The molecule has 2 saturated carbocycles. The predicted octanol–water partition coefficient (Wildman–Crippen LogP) is 1.84. The molecule has 2 amide bonds. The maximum Gasteiger partial charge on any atom is 0.317 e. The molecule has 2 fully saturated rings. The maximum absolute atomic E-state index is 12.2. The van der Waals surface area contributed by atoms with Gasteiger partial charge in [-0.2, -0.15) is 0 Å². The normalized spacial score (nSPS) is 21.2. The van der Waals surface area contributed by atoms with Crippen molar-refractivity contribution >= 4 is 6.03 Å². The third kappa shape index (κ3) is 3.87. The number of rotatable bonds is 5. The van der Waals surface area contributed by atoms with Gasteiger partial charge in [0.25, 0.3) is 0 Å². The van der Waals surface area contributed by atoms with Gasteiger partial charge in [0.2, 0.25) is 0 Å². The second-order valence-electron chi connectivity index (χ2n) is 5.35. The van der Waals surface area contributed by atoms with Crippen LogP contribution in [0.3, 0.4) is 0 Å². The van der Waals surface area contributed by atoms with Gasteiger partial charge in [0, 0.05) is 18.6 Å². The van der Waals surface area contributed by atoms with Gasteiger partial charge in [0.05, 0.1) is 0 Å². The highest BCUT2D eigenvalue weighted by molar-refractivity contribution is 5.75. The second kappa shape index (κ2) is 6.24. The molecule has 0 atom stereocenters. The lowest BCUT2D eigenvalue weighted by Gasteiger charge is -2.28. The lowest BCUT2D eigenvalue weighted by Crippen LogP contribution is -2.47. The van der Waals surface area contributed by atoms with E-state index >= 15 is 0 Å². The van der Waals surface area contributed by atoms with Crippen molar-refractivity contribution in [2.45, 2.75) is 63.5 Å². The van der Waals surface area contributed by atoms with Crippen molar-refractivity contribution in [2.75, 3.05) is 13.1 Å². The van der Waals surface area contributed by atoms with E-state index in [2.05, 4.69) is 5.32 Å². The van der Waals surface area contributed by atoms with Crippen LogP contribution in [-0.4, -0.2) is 36.1 Å². The number of nitrogens with two attached hydrogens (primary N) is 1. The zero-order valence-electron chi connectivity index (χ0n) is 10.7. The lowest BCUT2D eigenvalue weighted by molar-refractivity contribution is 0.186. The SMILES string of the molecule is NCCCN(C(=O)NC1CCCCC1)C1CC1. The number of hydrogen-bond donors (Lipinski definition) is 2. The maximum atomic E-state index is 12.2. The molecular formula is C13H25N3O. The first-order valence-corrected chi connectivity index (χ1v) is 7.08. The van der Waals surface area contributed by atoms with Crippen LogP contribution >= 0.6 is 0 Å². The molecule has 2 aliphatic rings. The van der Waals surface area contributed by atoms with E-state index < -0.39 is 0 Å². The van der Waals surface area contributed by atoms with Crippen molar-refractivity contribution in [2.24, 2.45) is 5.73 Å². The topological polar surface area (TPSA) is 58.4 Å². The first-order chi connectivity index (χ1) is 8.31. The van der Waals surface area contributed by atoms with Crippen LogP contribution in [0.1, 0.15) is 51.4 Å². The van der Waals surface area contributed by atoms with E-state index in [0.717, 1.165) is 25.8 Å². The minimum absolute atomic E-state index is 0.146. The summed E-state index contributed by atoms with van der Waals surface area (Å²) in [4.78, 5) is 14.2. The molecule has 0 radical (unpaired) electrons. The fraction of sp³-hybridized carbons (Fsp3) is 0.923. The zero-order chi connectivity index (χ0) is 12.1. The smallest absolute Gasteiger partial charge is 0.317 e. The van der Waals surface area contributed by atoms with Crippen LogP contribution < -0.4 is 11.1 Å². The summed E-state index contributed by atoms with van der Waals surface area (Å²) < 4.78 is 0. The quantitative estimate of drug-likeness (QED) is 0.769. The molecule has 4 nitrogen and oxygen atoms in total. The van der Waals surface area contributed by atoms with Crippen molar-refractivity contribution in [1.29, 1.82) is 0 Å². The number of amides is 2. The van der Waals surface area contributed by atoms with Crippen molar-refractivity contribution in [3.8, 4) is 0 Å². The van der Waals surface area contributed by atoms with Crippen molar-refractivity contribution in [3.63, 3.8) is 0 Å². The van der Waals surface area contributed by atoms with Crippen LogP contribution in [0.25, 0.3) is 0 Å². The molecule has 3 N–H and O–H groups in total. The molecule has 98 valence electrons. The van der Waals surface area contributed by atoms with Gasteiger partial charge in [-0.25, -0.2) is 4.79 Å². The molecule has 0 aliphatic heterocycles. The monoisotopic (exact) mass is 239 g/mol. The Morgan fingerprint density at radius 3 is 2.47 bits per heavy atom. The Morgan fingerprint density at radius 2 is 1.88 bits per heavy atom. The molecule has 4 heteroatoms. The molecule has 2 aliphatic carbocycles. The van der Waals surface area contributed by atoms with E-state index in [-0.39, 0.29) is 6.03 Å². The first-order valence-electron chi connectivity index (χ1n) is 7.08.